The van der Waals surface area contributed by atoms with Crippen LogP contribution in [0.2, 0.25) is 0 Å². The van der Waals surface area contributed by atoms with Gasteiger partial charge < -0.3 is 22.6 Å². The van der Waals surface area contributed by atoms with Crippen LogP contribution in [0.5, 0.6) is 11.5 Å². The van der Waals surface area contributed by atoms with Crippen molar-refractivity contribution in [3.8, 4) is 56.0 Å². The van der Waals surface area contributed by atoms with Gasteiger partial charge in [-0.05, 0) is 32.8 Å². The Kier molecular flexibility index (Phi) is 29.9. The Morgan fingerprint density at radius 2 is 0.504 bits per heavy atom. The van der Waals surface area contributed by atoms with Gasteiger partial charge in [0.25, 0.3) is 0 Å². The van der Waals surface area contributed by atoms with E-state index in [1.807, 2.05) is 12.1 Å². The molecule has 0 aromatic heterocycles. The molecule has 0 fully saturated rings. The monoisotopic (exact) mass is 1780 g/mol. The molecule has 4 unspecified atom stereocenters. The predicted molar refractivity (Wildman–Crippen MR) is 516 cm³/mol. The van der Waals surface area contributed by atoms with Crippen LogP contribution in [0.4, 0.5) is 0 Å². The fraction of sp³-hybridized carbons (Fsp3) is 0.397. The minimum absolute atomic E-state index is 0. The zero-order chi connectivity index (χ0) is 87.9. The van der Waals surface area contributed by atoms with Crippen molar-refractivity contribution in [2.75, 3.05) is 0 Å². The topological polar surface area (TPSA) is 46.1 Å². The summed E-state index contributed by atoms with van der Waals surface area (Å²) in [7, 11) is 0. The van der Waals surface area contributed by atoms with E-state index in [9.17, 15) is 10.2 Å². The first-order valence-electron chi connectivity index (χ1n) is 44.8. The minimum atomic E-state index is -2.32. The number of hydrogen-bond donors (Lipinski definition) is 0. The Morgan fingerprint density at radius 1 is 0.281 bits per heavy atom. The summed E-state index contributed by atoms with van der Waals surface area (Å²) in [6, 6.07) is 77.2. The Balaban J connectivity index is 0.000000189. The van der Waals surface area contributed by atoms with Crippen LogP contribution in [0, 0.1) is 0 Å². The van der Waals surface area contributed by atoms with Gasteiger partial charge in [0.1, 0.15) is 0 Å². The zero-order valence-corrected chi connectivity index (χ0v) is 85.1. The molecule has 0 bridgehead atoms. The van der Waals surface area contributed by atoms with Gasteiger partial charge in [0, 0.05) is 0 Å². The first-order valence-corrected chi connectivity index (χ1v) is 53.3. The molecule has 10 aromatic rings. The second kappa shape index (κ2) is 37.8. The third kappa shape index (κ3) is 21.6. The summed E-state index contributed by atoms with van der Waals surface area (Å²) in [6.45, 7) is 67.3. The Morgan fingerprint density at radius 3 is 0.727 bits per heavy atom. The summed E-state index contributed by atoms with van der Waals surface area (Å²) in [5.41, 5.74) is 40.0. The van der Waals surface area contributed by atoms with Crippen LogP contribution in [0.1, 0.15) is 337 Å². The number of fused-ring (bicyclic) bond motifs is 4. The SMILES string of the molecule is CC(C)(C)c1ccc([O-])c(C(C)(C)C)c1.CC(C)(C)c1ccc([O-])c(C(C)(C)C)c1.C[CH]=[Zr]([CH]1C(C)=Cc2c(-c3ccc(C(C)(C)C)cc3)cccc21)[CH]1C(C)=Cc2c(-c3ccc(C(C)(C)C)cc3)cccc21.C[CH]=[Zr]([CH]1C(CCC)=Cc2c(-c3ccc(C(C)(C)C)cc3)cccc21)[CH]1C(CCC)=Cc2c(-c3ccc(C(C)(C)C)cc3)cccc21.[Cl-]. The van der Waals surface area contributed by atoms with Crippen molar-refractivity contribution in [3.05, 3.63) is 318 Å². The predicted octanol–water partition coefficient (Wildman–Crippen LogP) is 28.6. The first-order chi connectivity index (χ1) is 56.1. The van der Waals surface area contributed by atoms with E-state index in [4.69, 9.17) is 0 Å². The molecule has 0 N–H and O–H groups in total. The number of allylic oxidation sites excluding steroid dienone is 4. The van der Waals surface area contributed by atoms with Crippen LogP contribution in [0.3, 0.4) is 0 Å². The van der Waals surface area contributed by atoms with Crippen molar-refractivity contribution < 1.29 is 65.2 Å². The molecule has 2 nitrogen and oxygen atoms in total. The van der Waals surface area contributed by atoms with Crippen LogP contribution in [-0.4, -0.2) is 7.42 Å². The molecule has 10 aromatic carbocycles. The molecule has 5 heteroatoms. The third-order valence-electron chi connectivity index (χ3n) is 25.5. The maximum absolute atomic E-state index is 11.7. The first kappa shape index (κ1) is 95.8. The fourth-order valence-electron chi connectivity index (χ4n) is 18.5. The van der Waals surface area contributed by atoms with Crippen LogP contribution >= 0.6 is 0 Å². The van der Waals surface area contributed by atoms with Gasteiger partial charge in [-0.3, -0.25) is 0 Å². The zero-order valence-electron chi connectivity index (χ0n) is 79.4. The Bertz CT molecular complexity index is 5210. The van der Waals surface area contributed by atoms with Crippen molar-refractivity contribution in [3.63, 3.8) is 0 Å². The maximum Gasteiger partial charge on any atom is -1.00 e. The number of halogens is 1. The van der Waals surface area contributed by atoms with Crippen molar-refractivity contribution in [1.29, 1.82) is 0 Å². The third-order valence-corrected chi connectivity index (χ3v) is 42.4. The molecule has 0 heterocycles. The molecule has 0 aliphatic heterocycles. The molecule has 121 heavy (non-hydrogen) atoms. The Hall–Kier alpha value is -7.44. The molecule has 4 atom stereocenters. The standard InChI is InChI=1S/2C22H25.2C20H21.2C14H22O.2C2H4.ClH.2Zr/c2*1-5-7-16-14-18-8-6-9-20(21(18)15-16)17-10-12-19(13-11-17)22(2,3)4;2*1-14-12-16-6-5-7-18(19(16)13-14)15-8-10-17(11-9-15)20(2,3)4;2*1-13(2,3)10-7-8-12(15)11(9-10)14(4,5)6;2*1-2;;;/h2*6,8-15H,5,7H2,1-4H3;2*5-13H,1-4H3;2*7-9,15H,1-6H3;2*1H,2H3;1H;;/p-3. The summed E-state index contributed by atoms with van der Waals surface area (Å²) in [5.74, 6) is 0.297. The molecule has 0 spiro atoms. The van der Waals surface area contributed by atoms with Crippen molar-refractivity contribution in [2.24, 2.45) is 0 Å². The minimum Gasteiger partial charge on any atom is -1.00 e. The van der Waals surface area contributed by atoms with Crippen LogP contribution in [0.15, 0.2) is 229 Å². The van der Waals surface area contributed by atoms with E-state index in [1.165, 1.54) is 126 Å². The number of rotatable bonds is 12. The summed E-state index contributed by atoms with van der Waals surface area (Å²) >= 11 is -4.55. The molecule has 4 aliphatic rings. The molecular weight excluding hydrogens is 1640 g/mol. The molecule has 0 amide bonds. The summed E-state index contributed by atoms with van der Waals surface area (Å²) < 4.78 is 7.70. The quantitative estimate of drug-likeness (QED) is 0.122. The molecule has 4 aliphatic carbocycles. The van der Waals surface area contributed by atoms with E-state index in [0.717, 1.165) is 11.1 Å². The van der Waals surface area contributed by atoms with Crippen LogP contribution in [-0.2, 0) is 85.9 Å². The number of benzene rings is 10. The summed E-state index contributed by atoms with van der Waals surface area (Å²) in [4.78, 5) is 0. The van der Waals surface area contributed by atoms with Gasteiger partial charge in [-0.15, -0.1) is 11.5 Å². The van der Waals surface area contributed by atoms with Crippen LogP contribution < -0.4 is 22.6 Å². The van der Waals surface area contributed by atoms with Gasteiger partial charge >= 0.3 is 564 Å². The summed E-state index contributed by atoms with van der Waals surface area (Å²) in [6.07, 6.45) is 15.0. The fourth-order valence-corrected chi connectivity index (χ4v) is 35.6. The molecule has 0 saturated heterocycles. The molecule has 636 valence electrons. The largest absolute Gasteiger partial charge is 1.00 e. The van der Waals surface area contributed by atoms with E-state index >= 15 is 0 Å². The van der Waals surface area contributed by atoms with E-state index in [2.05, 4.69) is 421 Å². The van der Waals surface area contributed by atoms with Gasteiger partial charge in [-0.2, -0.15) is 0 Å². The van der Waals surface area contributed by atoms with Gasteiger partial charge in [-0.25, -0.2) is 0 Å². The van der Waals surface area contributed by atoms with Crippen LogP contribution in [0.25, 0.3) is 68.8 Å². The molecule has 0 saturated carbocycles. The summed E-state index contributed by atoms with van der Waals surface area (Å²) in [5, 5.41) is 23.5. The van der Waals surface area contributed by atoms with Gasteiger partial charge in [0.15, 0.2) is 0 Å². The average molecular weight is 1790 g/mol. The van der Waals surface area contributed by atoms with E-state index < -0.39 is 42.5 Å². The van der Waals surface area contributed by atoms with Gasteiger partial charge in [0.05, 0.1) is 0 Å². The van der Waals surface area contributed by atoms with Crippen molar-refractivity contribution >= 4 is 31.7 Å². The molecular formula is C116H142ClO2Zr2-3. The normalized spacial score (nSPS) is 16.2. The molecule has 0 radical (unpaired) electrons. The average Bonchev–Trinajstić information content (AvgIpc) is 1.59. The number of hydrogen-bond acceptors (Lipinski definition) is 2. The van der Waals surface area contributed by atoms with E-state index in [-0.39, 0.29) is 67.2 Å². The second-order valence-electron chi connectivity index (χ2n) is 43.0. The van der Waals surface area contributed by atoms with Crippen molar-refractivity contribution in [1.82, 2.24) is 0 Å². The maximum atomic E-state index is 11.7. The smallest absolute Gasteiger partial charge is 1.00 e. The van der Waals surface area contributed by atoms with Gasteiger partial charge in [-0.1, -0.05) is 131 Å². The Labute approximate surface area is 754 Å². The van der Waals surface area contributed by atoms with E-state index in [1.54, 1.807) is 56.7 Å². The second-order valence-corrected chi connectivity index (χ2v) is 56.4. The van der Waals surface area contributed by atoms with Crippen molar-refractivity contribution in [2.45, 2.75) is 291 Å². The van der Waals surface area contributed by atoms with Gasteiger partial charge in [0.2, 0.25) is 0 Å². The molecule has 14 rings (SSSR count). The van der Waals surface area contributed by atoms with E-state index in [0.29, 0.717) is 14.5 Å².